The van der Waals surface area contributed by atoms with Crippen LogP contribution in [0.3, 0.4) is 0 Å². The van der Waals surface area contributed by atoms with Crippen molar-refractivity contribution in [1.29, 1.82) is 0 Å². The first-order chi connectivity index (χ1) is 10.6. The summed E-state index contributed by atoms with van der Waals surface area (Å²) in [7, 11) is 4.01. The van der Waals surface area contributed by atoms with E-state index in [2.05, 4.69) is 51.4 Å². The van der Waals surface area contributed by atoms with Crippen molar-refractivity contribution in [2.24, 2.45) is 0 Å². The lowest BCUT2D eigenvalue weighted by molar-refractivity contribution is 0.0936. The molecule has 1 N–H and O–H groups in total. The van der Waals surface area contributed by atoms with Gasteiger partial charge in [0.15, 0.2) is 0 Å². The summed E-state index contributed by atoms with van der Waals surface area (Å²) in [5, 5.41) is 2.92. The van der Waals surface area contributed by atoms with E-state index in [9.17, 15) is 4.79 Å². The Hall–Kier alpha value is -2.27. The highest BCUT2D eigenvalue weighted by atomic mass is 16.1. The molecule has 0 saturated carbocycles. The molecule has 0 aliphatic heterocycles. The first-order valence-corrected chi connectivity index (χ1v) is 7.41. The summed E-state index contributed by atoms with van der Waals surface area (Å²) in [6.45, 7) is 2.66. The second kappa shape index (κ2) is 7.66. The largest absolute Gasteiger partial charge is 0.349 e. The quantitative estimate of drug-likeness (QED) is 0.887. The number of aryl methyl sites for hydroxylation is 1. The van der Waals surface area contributed by atoms with E-state index in [0.29, 0.717) is 12.2 Å². The first-order valence-electron chi connectivity index (χ1n) is 7.41. The van der Waals surface area contributed by atoms with E-state index in [4.69, 9.17) is 0 Å². The SMILES string of the molecule is CCc1ccc([C@@H](CNC(=O)c2cnccn2)N(C)C)cc1. The predicted molar refractivity (Wildman–Crippen MR) is 86.6 cm³/mol. The summed E-state index contributed by atoms with van der Waals surface area (Å²) in [4.78, 5) is 22.1. The van der Waals surface area contributed by atoms with Crippen LogP contribution >= 0.6 is 0 Å². The Morgan fingerprint density at radius 1 is 1.23 bits per heavy atom. The molecule has 1 aromatic carbocycles. The highest BCUT2D eigenvalue weighted by Gasteiger charge is 2.16. The van der Waals surface area contributed by atoms with Gasteiger partial charge in [0.1, 0.15) is 5.69 Å². The molecular weight excluding hydrogens is 276 g/mol. The van der Waals surface area contributed by atoms with Crippen LogP contribution < -0.4 is 5.32 Å². The van der Waals surface area contributed by atoms with Gasteiger partial charge in [-0.15, -0.1) is 0 Å². The fraction of sp³-hybridized carbons (Fsp3) is 0.353. The van der Waals surface area contributed by atoms with Crippen molar-refractivity contribution in [3.63, 3.8) is 0 Å². The summed E-state index contributed by atoms with van der Waals surface area (Å²) >= 11 is 0. The van der Waals surface area contributed by atoms with E-state index in [0.717, 1.165) is 6.42 Å². The average Bonchev–Trinajstić information content (AvgIpc) is 2.56. The van der Waals surface area contributed by atoms with Crippen LogP contribution in [-0.4, -0.2) is 41.4 Å². The number of nitrogens with zero attached hydrogens (tertiary/aromatic N) is 3. The van der Waals surface area contributed by atoms with Crippen LogP contribution in [0.1, 0.15) is 34.6 Å². The lowest BCUT2D eigenvalue weighted by Crippen LogP contribution is -2.34. The summed E-state index contributed by atoms with van der Waals surface area (Å²) in [6.07, 6.45) is 5.56. The number of aromatic nitrogens is 2. The fourth-order valence-electron chi connectivity index (χ4n) is 2.27. The number of hydrogen-bond donors (Lipinski definition) is 1. The molecule has 1 heterocycles. The minimum absolute atomic E-state index is 0.117. The summed E-state index contributed by atoms with van der Waals surface area (Å²) in [6, 6.07) is 8.63. The van der Waals surface area contributed by atoms with E-state index in [1.807, 2.05) is 14.1 Å². The summed E-state index contributed by atoms with van der Waals surface area (Å²) in [5.41, 5.74) is 2.83. The Kier molecular flexibility index (Phi) is 5.61. The van der Waals surface area contributed by atoms with E-state index < -0.39 is 0 Å². The summed E-state index contributed by atoms with van der Waals surface area (Å²) in [5.74, 6) is -0.204. The smallest absolute Gasteiger partial charge is 0.271 e. The van der Waals surface area contributed by atoms with E-state index in [1.54, 1.807) is 6.20 Å². The number of carbonyl (C=O) groups is 1. The molecule has 1 aromatic heterocycles. The van der Waals surface area contributed by atoms with Crippen LogP contribution in [0.15, 0.2) is 42.9 Å². The van der Waals surface area contributed by atoms with Crippen LogP contribution in [0.2, 0.25) is 0 Å². The van der Waals surface area contributed by atoms with Crippen molar-refractivity contribution in [3.8, 4) is 0 Å². The normalized spacial score (nSPS) is 12.2. The molecule has 0 unspecified atom stereocenters. The lowest BCUT2D eigenvalue weighted by Gasteiger charge is -2.25. The Morgan fingerprint density at radius 3 is 2.50 bits per heavy atom. The topological polar surface area (TPSA) is 58.1 Å². The molecule has 0 radical (unpaired) electrons. The van der Waals surface area contributed by atoms with E-state index in [1.165, 1.54) is 23.5 Å². The van der Waals surface area contributed by atoms with Crippen molar-refractivity contribution >= 4 is 5.91 Å². The zero-order valence-electron chi connectivity index (χ0n) is 13.3. The van der Waals surface area contributed by atoms with Crippen molar-refractivity contribution in [3.05, 3.63) is 59.7 Å². The molecular formula is C17H22N4O. The summed E-state index contributed by atoms with van der Waals surface area (Å²) < 4.78 is 0. The molecule has 116 valence electrons. The fourth-order valence-corrected chi connectivity index (χ4v) is 2.27. The molecule has 5 nitrogen and oxygen atoms in total. The molecule has 0 aliphatic carbocycles. The first kappa shape index (κ1) is 16.1. The number of amides is 1. The van der Waals surface area contributed by atoms with E-state index in [-0.39, 0.29) is 11.9 Å². The average molecular weight is 298 g/mol. The van der Waals surface area contributed by atoms with Crippen molar-refractivity contribution in [2.45, 2.75) is 19.4 Å². The van der Waals surface area contributed by atoms with Gasteiger partial charge in [-0.25, -0.2) is 4.98 Å². The predicted octanol–water partition coefficient (Wildman–Crippen LogP) is 2.07. The highest BCUT2D eigenvalue weighted by Crippen LogP contribution is 2.18. The van der Waals surface area contributed by atoms with Crippen molar-refractivity contribution < 1.29 is 4.79 Å². The van der Waals surface area contributed by atoms with Gasteiger partial charge in [0.2, 0.25) is 0 Å². The standard InChI is InChI=1S/C17H22N4O/c1-4-13-5-7-14(8-6-13)16(21(2)3)12-20-17(22)15-11-18-9-10-19-15/h5-11,16H,4,12H2,1-3H3,(H,20,22)/t16-/m1/s1. The number of nitrogens with one attached hydrogen (secondary N) is 1. The van der Waals surface area contributed by atoms with Crippen LogP contribution in [0.25, 0.3) is 0 Å². The Labute approximate surface area is 131 Å². The number of benzene rings is 1. The van der Waals surface area contributed by atoms with Gasteiger partial charge in [-0.1, -0.05) is 31.2 Å². The third kappa shape index (κ3) is 4.11. The maximum Gasteiger partial charge on any atom is 0.271 e. The highest BCUT2D eigenvalue weighted by molar-refractivity contribution is 5.91. The Balaban J connectivity index is 2.04. The van der Waals surface area contributed by atoms with Gasteiger partial charge < -0.3 is 10.2 Å². The van der Waals surface area contributed by atoms with Gasteiger partial charge in [0.25, 0.3) is 5.91 Å². The van der Waals surface area contributed by atoms with Gasteiger partial charge in [-0.3, -0.25) is 9.78 Å². The molecule has 0 fully saturated rings. The van der Waals surface area contributed by atoms with Gasteiger partial charge in [0.05, 0.1) is 12.2 Å². The molecule has 0 bridgehead atoms. The molecule has 1 amide bonds. The van der Waals surface area contributed by atoms with Crippen molar-refractivity contribution in [2.75, 3.05) is 20.6 Å². The number of rotatable bonds is 6. The monoisotopic (exact) mass is 298 g/mol. The molecule has 0 aliphatic rings. The van der Waals surface area contributed by atoms with E-state index >= 15 is 0 Å². The molecule has 0 spiro atoms. The third-order valence-electron chi connectivity index (χ3n) is 3.65. The number of carbonyl (C=O) groups excluding carboxylic acids is 1. The molecule has 0 saturated heterocycles. The Bertz CT molecular complexity index is 596. The minimum Gasteiger partial charge on any atom is -0.349 e. The molecule has 2 rings (SSSR count). The molecule has 2 aromatic rings. The van der Waals surface area contributed by atoms with Gasteiger partial charge >= 0.3 is 0 Å². The van der Waals surface area contributed by atoms with Crippen LogP contribution in [-0.2, 0) is 6.42 Å². The maximum absolute atomic E-state index is 12.1. The van der Waals surface area contributed by atoms with Crippen molar-refractivity contribution in [1.82, 2.24) is 20.2 Å². The van der Waals surface area contributed by atoms with Gasteiger partial charge in [-0.05, 0) is 31.6 Å². The zero-order chi connectivity index (χ0) is 15.9. The zero-order valence-corrected chi connectivity index (χ0v) is 13.3. The van der Waals surface area contributed by atoms with Crippen LogP contribution in [0, 0.1) is 0 Å². The third-order valence-corrected chi connectivity index (χ3v) is 3.65. The molecule has 5 heteroatoms. The van der Waals surface area contributed by atoms with Crippen LogP contribution in [0.4, 0.5) is 0 Å². The molecule has 1 atom stereocenters. The Morgan fingerprint density at radius 2 is 1.95 bits per heavy atom. The van der Waals surface area contributed by atoms with Crippen LogP contribution in [0.5, 0.6) is 0 Å². The second-order valence-corrected chi connectivity index (χ2v) is 5.38. The second-order valence-electron chi connectivity index (χ2n) is 5.38. The number of hydrogen-bond acceptors (Lipinski definition) is 4. The minimum atomic E-state index is -0.204. The molecule has 22 heavy (non-hydrogen) atoms. The van der Waals surface area contributed by atoms with Gasteiger partial charge in [-0.2, -0.15) is 0 Å². The van der Waals surface area contributed by atoms with Gasteiger partial charge in [0, 0.05) is 18.9 Å². The lowest BCUT2D eigenvalue weighted by atomic mass is 10.0. The number of likely N-dealkylation sites (N-methyl/N-ethyl adjacent to an activating group) is 1. The maximum atomic E-state index is 12.1.